The molecule has 0 bridgehead atoms. The van der Waals surface area contributed by atoms with E-state index < -0.39 is 0 Å². The van der Waals surface area contributed by atoms with E-state index in [2.05, 4.69) is 186 Å². The highest BCUT2D eigenvalue weighted by molar-refractivity contribution is 8.66. The predicted octanol–water partition coefficient (Wildman–Crippen LogP) is 6.80. The van der Waals surface area contributed by atoms with Gasteiger partial charge in [0.2, 0.25) is 0 Å². The SMILES string of the molecule is CN1C2=CC=CCC2(C)[N+](C)=C1/C=C/c1ccc(N(C)CCS[SH+]CCN(C)c2ccc(/C=C/c3[nH]c4ccccc4[n+]3C)cc2)cc1. The van der Waals surface area contributed by atoms with Crippen LogP contribution in [-0.4, -0.2) is 78.6 Å². The highest BCUT2D eigenvalue weighted by Crippen LogP contribution is 2.35. The quantitative estimate of drug-likeness (QED) is 0.0555. The lowest BCUT2D eigenvalue weighted by atomic mass is 9.90. The lowest BCUT2D eigenvalue weighted by Crippen LogP contribution is -2.36. The molecule has 1 aliphatic carbocycles. The minimum atomic E-state index is 0.0342. The molecule has 6 rings (SSSR count). The maximum Gasteiger partial charge on any atom is 0.279 e. The molecule has 0 amide bonds. The zero-order chi connectivity index (χ0) is 33.7. The molecule has 248 valence electrons. The molecule has 3 aromatic carbocycles. The van der Waals surface area contributed by atoms with Crippen LogP contribution in [0.25, 0.3) is 29.3 Å². The van der Waals surface area contributed by atoms with Crippen molar-refractivity contribution in [1.29, 1.82) is 0 Å². The number of H-pyrrole nitrogens is 1. The van der Waals surface area contributed by atoms with Crippen molar-refractivity contribution >= 4 is 68.1 Å². The van der Waals surface area contributed by atoms with Crippen LogP contribution in [0, 0.1) is 0 Å². The smallest absolute Gasteiger partial charge is 0.279 e. The van der Waals surface area contributed by atoms with Crippen LogP contribution in [0.3, 0.4) is 0 Å². The molecule has 0 radical (unpaired) electrons. The Kier molecular flexibility index (Phi) is 10.5. The summed E-state index contributed by atoms with van der Waals surface area (Å²) in [6.45, 7) is 4.40. The van der Waals surface area contributed by atoms with Crippen LogP contribution < -0.4 is 14.4 Å². The van der Waals surface area contributed by atoms with Crippen molar-refractivity contribution in [1.82, 2.24) is 9.88 Å². The summed E-state index contributed by atoms with van der Waals surface area (Å²) in [6.07, 6.45) is 16.5. The summed E-state index contributed by atoms with van der Waals surface area (Å²) in [4.78, 5) is 10.5. The maximum atomic E-state index is 3.49. The number of hydrogen-bond acceptors (Lipinski definition) is 4. The van der Waals surface area contributed by atoms with Crippen molar-refractivity contribution in [2.45, 2.75) is 18.9 Å². The summed E-state index contributed by atoms with van der Waals surface area (Å²) in [6, 6.07) is 26.1. The molecule has 1 N–H and O–H groups in total. The first-order valence-electron chi connectivity index (χ1n) is 16.7. The van der Waals surface area contributed by atoms with Crippen LogP contribution in [0.2, 0.25) is 0 Å². The van der Waals surface area contributed by atoms with Gasteiger partial charge in [-0.05, 0) is 72.7 Å². The molecule has 8 heteroatoms. The van der Waals surface area contributed by atoms with E-state index in [1.807, 2.05) is 10.8 Å². The number of rotatable bonds is 13. The van der Waals surface area contributed by atoms with E-state index in [-0.39, 0.29) is 5.54 Å². The zero-order valence-corrected chi connectivity index (χ0v) is 30.8. The fraction of sp³-hybridized carbons (Fsp3) is 0.300. The summed E-state index contributed by atoms with van der Waals surface area (Å²) in [5.41, 5.74) is 8.68. The second-order valence-corrected chi connectivity index (χ2v) is 15.8. The number of aryl methyl sites for hydroxylation is 1. The van der Waals surface area contributed by atoms with Gasteiger partial charge in [-0.1, -0.05) is 48.6 Å². The van der Waals surface area contributed by atoms with Crippen molar-refractivity contribution < 1.29 is 9.14 Å². The van der Waals surface area contributed by atoms with Crippen LogP contribution in [-0.2, 0) is 17.8 Å². The molecule has 2 heterocycles. The molecular formula is C40H49N6S2+3. The van der Waals surface area contributed by atoms with Gasteiger partial charge in [0, 0.05) is 61.4 Å². The fourth-order valence-corrected chi connectivity index (χ4v) is 8.77. The van der Waals surface area contributed by atoms with E-state index in [1.165, 1.54) is 50.3 Å². The van der Waals surface area contributed by atoms with Gasteiger partial charge in [0.25, 0.3) is 11.7 Å². The number of benzene rings is 3. The number of likely N-dealkylation sites (N-methyl/N-ethyl adjacent to an activating group) is 2. The number of para-hydroxylation sites is 2. The molecular weight excluding hydrogens is 629 g/mol. The number of imidazole rings is 1. The first-order valence-corrected chi connectivity index (χ1v) is 19.4. The van der Waals surface area contributed by atoms with Gasteiger partial charge in [0.05, 0.1) is 44.2 Å². The van der Waals surface area contributed by atoms with Crippen LogP contribution in [0.5, 0.6) is 0 Å². The Hall–Kier alpha value is -4.14. The predicted molar refractivity (Wildman–Crippen MR) is 212 cm³/mol. The van der Waals surface area contributed by atoms with Crippen LogP contribution in [0.15, 0.2) is 103 Å². The number of hydrogen-bond donors (Lipinski definition) is 1. The molecule has 4 aromatic rings. The maximum absolute atomic E-state index is 3.49. The number of nitrogens with zero attached hydrogens (tertiary/aromatic N) is 5. The summed E-state index contributed by atoms with van der Waals surface area (Å²) in [5.74, 6) is 4.57. The van der Waals surface area contributed by atoms with E-state index in [1.54, 1.807) is 0 Å². The topological polar surface area (TPSA) is 32.4 Å². The van der Waals surface area contributed by atoms with Gasteiger partial charge in [-0.15, -0.1) is 0 Å². The van der Waals surface area contributed by atoms with E-state index in [9.17, 15) is 0 Å². The number of allylic oxidation sites excluding steroid dienone is 2. The summed E-state index contributed by atoms with van der Waals surface area (Å²) in [7, 11) is 14.3. The lowest BCUT2D eigenvalue weighted by molar-refractivity contribution is -0.646. The highest BCUT2D eigenvalue weighted by atomic mass is 33.1. The average Bonchev–Trinajstić information content (AvgIpc) is 3.53. The van der Waals surface area contributed by atoms with E-state index >= 15 is 0 Å². The van der Waals surface area contributed by atoms with Crippen molar-refractivity contribution in [2.24, 2.45) is 7.05 Å². The summed E-state index contributed by atoms with van der Waals surface area (Å²) in [5, 5.41) is 0. The van der Waals surface area contributed by atoms with Crippen molar-refractivity contribution in [3.05, 3.63) is 120 Å². The number of thiol groups is 1. The van der Waals surface area contributed by atoms with Crippen LogP contribution >= 0.6 is 10.8 Å². The normalized spacial score (nSPS) is 17.6. The van der Waals surface area contributed by atoms with Gasteiger partial charge < -0.3 is 9.80 Å². The zero-order valence-electron chi connectivity index (χ0n) is 29.1. The Morgan fingerprint density at radius 1 is 0.875 bits per heavy atom. The molecule has 48 heavy (non-hydrogen) atoms. The second-order valence-electron chi connectivity index (χ2n) is 12.9. The molecule has 0 saturated carbocycles. The second kappa shape index (κ2) is 15.0. The minimum Gasteiger partial charge on any atom is -0.374 e. The Morgan fingerprint density at radius 2 is 1.52 bits per heavy atom. The Labute approximate surface area is 294 Å². The Bertz CT molecular complexity index is 1880. The molecule has 2 aliphatic rings. The number of amidine groups is 1. The van der Waals surface area contributed by atoms with Gasteiger partial charge >= 0.3 is 0 Å². The third-order valence-corrected chi connectivity index (χ3v) is 12.4. The molecule has 0 spiro atoms. The van der Waals surface area contributed by atoms with Crippen LogP contribution in [0.4, 0.5) is 11.4 Å². The van der Waals surface area contributed by atoms with Gasteiger partial charge in [-0.2, -0.15) is 0 Å². The highest BCUT2D eigenvalue weighted by Gasteiger charge is 2.48. The number of aromatic nitrogens is 2. The number of fused-ring (bicyclic) bond motifs is 2. The molecule has 1 aromatic heterocycles. The van der Waals surface area contributed by atoms with Gasteiger partial charge in [0.15, 0.2) is 22.3 Å². The van der Waals surface area contributed by atoms with E-state index in [0.29, 0.717) is 0 Å². The lowest BCUT2D eigenvalue weighted by Gasteiger charge is -2.24. The van der Waals surface area contributed by atoms with Crippen molar-refractivity contribution in [3.8, 4) is 0 Å². The van der Waals surface area contributed by atoms with Crippen molar-refractivity contribution in [3.63, 3.8) is 0 Å². The van der Waals surface area contributed by atoms with Gasteiger partial charge in [-0.3, -0.25) is 4.58 Å². The Balaban J connectivity index is 0.903. The average molecular weight is 678 g/mol. The molecule has 0 saturated heterocycles. The standard InChI is InChI=1S/C40H47N6S2/c1-40-26-10-9-13-37(40)45(5)39(46(40)6)25-19-32-16-22-34(23-17-32)43(3)28-30-48-47-29-27-42(2)33-20-14-31(15-21-33)18-24-38-41-35-11-7-8-12-36(35)44(38)4/h7-25H,26-30H2,1-6H3/q+1/p+2/b24-18+. The number of aromatic amines is 1. The number of nitrogens with one attached hydrogen (secondary N) is 1. The van der Waals surface area contributed by atoms with E-state index in [0.717, 1.165) is 42.4 Å². The largest absolute Gasteiger partial charge is 0.374 e. The van der Waals surface area contributed by atoms with Crippen LogP contribution in [0.1, 0.15) is 30.3 Å². The van der Waals surface area contributed by atoms with Crippen molar-refractivity contribution in [2.75, 3.05) is 62.6 Å². The summed E-state index contributed by atoms with van der Waals surface area (Å²) >= 11 is 0. The molecule has 1 aliphatic heterocycles. The fourth-order valence-electron chi connectivity index (χ4n) is 6.51. The first-order chi connectivity index (χ1) is 23.2. The third-order valence-electron chi connectivity index (χ3n) is 9.80. The molecule has 1 unspecified atom stereocenters. The van der Waals surface area contributed by atoms with Gasteiger partial charge in [-0.25, -0.2) is 14.5 Å². The molecule has 0 fully saturated rings. The monoisotopic (exact) mass is 677 g/mol. The van der Waals surface area contributed by atoms with E-state index in [4.69, 9.17) is 0 Å². The van der Waals surface area contributed by atoms with Gasteiger partial charge in [0.1, 0.15) is 5.75 Å². The minimum absolute atomic E-state index is 0.0342. The molecule has 6 nitrogen and oxygen atoms in total. The number of anilines is 2. The molecule has 1 atom stereocenters. The first kappa shape index (κ1) is 33.7. The third kappa shape index (κ3) is 7.30. The summed E-state index contributed by atoms with van der Waals surface area (Å²) < 4.78 is 4.59. The Morgan fingerprint density at radius 3 is 2.19 bits per heavy atom.